The Bertz CT molecular complexity index is 1130. The zero-order chi connectivity index (χ0) is 15.4. The number of nitrogens with one attached hydrogen (secondary N) is 1. The third kappa shape index (κ3) is 1.86. The van der Waals surface area contributed by atoms with Crippen molar-refractivity contribution in [2.45, 2.75) is 0 Å². The molecule has 4 aromatic rings. The highest BCUT2D eigenvalue weighted by Gasteiger charge is 2.11. The first-order chi connectivity index (χ1) is 10.5. The first-order valence-electron chi connectivity index (χ1n) is 6.64. The number of hydrogen-bond acceptors (Lipinski definition) is 3. The van der Waals surface area contributed by atoms with E-state index in [0.717, 1.165) is 15.2 Å². The minimum absolute atomic E-state index is 0.0929. The molecule has 0 radical (unpaired) electrons. The van der Waals surface area contributed by atoms with Gasteiger partial charge < -0.3 is 15.2 Å². The average molecular weight is 356 g/mol. The number of aromatic hydroxyl groups is 2. The summed E-state index contributed by atoms with van der Waals surface area (Å²) in [5, 5.41) is 22.2. The lowest BCUT2D eigenvalue weighted by Gasteiger charge is -2.07. The van der Waals surface area contributed by atoms with Crippen LogP contribution in [0.15, 0.2) is 51.7 Å². The molecule has 4 rings (SSSR count). The number of halogens is 1. The van der Waals surface area contributed by atoms with Gasteiger partial charge in [-0.3, -0.25) is 4.79 Å². The maximum absolute atomic E-state index is 12.7. The Labute approximate surface area is 132 Å². The Morgan fingerprint density at radius 1 is 0.909 bits per heavy atom. The fourth-order valence-electron chi connectivity index (χ4n) is 2.79. The van der Waals surface area contributed by atoms with Crippen molar-refractivity contribution in [2.75, 3.05) is 0 Å². The van der Waals surface area contributed by atoms with E-state index in [1.165, 1.54) is 12.1 Å². The molecule has 0 aliphatic rings. The van der Waals surface area contributed by atoms with E-state index in [9.17, 15) is 15.0 Å². The van der Waals surface area contributed by atoms with Gasteiger partial charge in [0.2, 0.25) is 5.43 Å². The highest BCUT2D eigenvalue weighted by Crippen LogP contribution is 2.29. The number of phenolic OH excluding ortho intramolecular Hbond substituents is 2. The van der Waals surface area contributed by atoms with Crippen LogP contribution in [-0.4, -0.2) is 15.2 Å². The van der Waals surface area contributed by atoms with Crippen molar-refractivity contribution in [3.63, 3.8) is 0 Å². The van der Waals surface area contributed by atoms with Gasteiger partial charge in [0.25, 0.3) is 0 Å². The van der Waals surface area contributed by atoms with Gasteiger partial charge in [0.1, 0.15) is 11.5 Å². The Morgan fingerprint density at radius 3 is 2.55 bits per heavy atom. The van der Waals surface area contributed by atoms with Gasteiger partial charge in [-0.15, -0.1) is 0 Å². The normalized spacial score (nSPS) is 11.5. The third-order valence-electron chi connectivity index (χ3n) is 3.78. The lowest BCUT2D eigenvalue weighted by atomic mass is 10.0. The summed E-state index contributed by atoms with van der Waals surface area (Å²) in [6, 6.07) is 12.1. The topological polar surface area (TPSA) is 73.3 Å². The molecule has 1 aromatic heterocycles. The Kier molecular flexibility index (Phi) is 2.68. The molecule has 0 aliphatic carbocycles. The van der Waals surface area contributed by atoms with E-state index in [2.05, 4.69) is 20.9 Å². The summed E-state index contributed by atoms with van der Waals surface area (Å²) in [5.41, 5.74) is 0.812. The number of hydrogen-bond donors (Lipinski definition) is 3. The maximum atomic E-state index is 12.7. The van der Waals surface area contributed by atoms with Crippen LogP contribution in [0, 0.1) is 0 Å². The number of rotatable bonds is 0. The summed E-state index contributed by atoms with van der Waals surface area (Å²) >= 11 is 3.42. The number of benzene rings is 3. The zero-order valence-electron chi connectivity index (χ0n) is 11.2. The van der Waals surface area contributed by atoms with Crippen LogP contribution in [0.1, 0.15) is 0 Å². The second-order valence-corrected chi connectivity index (χ2v) is 6.15. The molecule has 0 spiro atoms. The molecular weight excluding hydrogens is 346 g/mol. The monoisotopic (exact) mass is 355 g/mol. The fraction of sp³-hybridized carbons (Fsp3) is 0. The van der Waals surface area contributed by atoms with Crippen LogP contribution in [0.4, 0.5) is 0 Å². The van der Waals surface area contributed by atoms with E-state index in [4.69, 9.17) is 0 Å². The van der Waals surface area contributed by atoms with Crippen LogP contribution in [0.5, 0.6) is 11.5 Å². The van der Waals surface area contributed by atoms with Gasteiger partial charge in [0, 0.05) is 22.0 Å². The summed E-state index contributed by atoms with van der Waals surface area (Å²) in [4.78, 5) is 15.8. The second kappa shape index (κ2) is 4.48. The van der Waals surface area contributed by atoms with Crippen LogP contribution in [0.3, 0.4) is 0 Å². The molecule has 3 N–H and O–H groups in total. The van der Waals surface area contributed by atoms with E-state index in [-0.39, 0.29) is 22.3 Å². The first-order valence-corrected chi connectivity index (χ1v) is 7.43. The van der Waals surface area contributed by atoms with Gasteiger partial charge in [0.05, 0.1) is 16.4 Å². The van der Waals surface area contributed by atoms with Crippen LogP contribution in [-0.2, 0) is 0 Å². The predicted molar refractivity (Wildman–Crippen MR) is 90.6 cm³/mol. The molecule has 0 aliphatic heterocycles. The molecule has 22 heavy (non-hydrogen) atoms. The van der Waals surface area contributed by atoms with E-state index < -0.39 is 0 Å². The summed E-state index contributed by atoms with van der Waals surface area (Å²) < 4.78 is 0.935. The van der Waals surface area contributed by atoms with Crippen molar-refractivity contribution in [3.05, 3.63) is 57.2 Å². The largest absolute Gasteiger partial charge is 0.508 e. The van der Waals surface area contributed by atoms with Gasteiger partial charge in [0.15, 0.2) is 0 Å². The third-order valence-corrected chi connectivity index (χ3v) is 4.28. The molecular formula is C17H10BrNO3. The van der Waals surface area contributed by atoms with Gasteiger partial charge in [-0.2, -0.15) is 0 Å². The lowest BCUT2D eigenvalue weighted by Crippen LogP contribution is -2.04. The highest BCUT2D eigenvalue weighted by molar-refractivity contribution is 9.10. The SMILES string of the molecule is O=c1c2cc3cc(Br)ccc3cc2[nH]c2cc(O)cc(O)c12. The molecule has 0 unspecified atom stereocenters. The van der Waals surface area contributed by atoms with Crippen molar-refractivity contribution in [1.29, 1.82) is 0 Å². The standard InChI is InChI=1S/C17H10BrNO3/c18-10-2-1-8-5-13-12(4-9(8)3-10)17(22)16-14(19-13)6-11(20)7-15(16)21/h1-7,20-21H,(H,19,22). The first kappa shape index (κ1) is 13.2. The van der Waals surface area contributed by atoms with Crippen LogP contribution < -0.4 is 5.43 Å². The molecule has 3 aromatic carbocycles. The van der Waals surface area contributed by atoms with E-state index in [1.807, 2.05) is 24.3 Å². The Morgan fingerprint density at radius 2 is 1.73 bits per heavy atom. The zero-order valence-corrected chi connectivity index (χ0v) is 12.8. The number of H-pyrrole nitrogens is 1. The van der Waals surface area contributed by atoms with Gasteiger partial charge in [-0.25, -0.2) is 0 Å². The Hall–Kier alpha value is -2.53. The lowest BCUT2D eigenvalue weighted by molar-refractivity contribution is 0.455. The van der Waals surface area contributed by atoms with Crippen LogP contribution in [0.25, 0.3) is 32.6 Å². The molecule has 108 valence electrons. The van der Waals surface area contributed by atoms with Crippen LogP contribution in [0.2, 0.25) is 0 Å². The Balaban J connectivity index is 2.24. The summed E-state index contributed by atoms with van der Waals surface area (Å²) in [7, 11) is 0. The number of pyridine rings is 1. The quantitative estimate of drug-likeness (QED) is 0.417. The van der Waals surface area contributed by atoms with Crippen molar-refractivity contribution in [3.8, 4) is 11.5 Å². The molecule has 0 saturated carbocycles. The molecule has 0 bridgehead atoms. The molecule has 1 heterocycles. The molecule has 0 amide bonds. The van der Waals surface area contributed by atoms with E-state index in [1.54, 1.807) is 6.07 Å². The molecule has 5 heteroatoms. The molecule has 0 atom stereocenters. The van der Waals surface area contributed by atoms with Gasteiger partial charge in [-0.05, 0) is 35.0 Å². The second-order valence-electron chi connectivity index (χ2n) is 5.23. The van der Waals surface area contributed by atoms with E-state index >= 15 is 0 Å². The van der Waals surface area contributed by atoms with Gasteiger partial charge >= 0.3 is 0 Å². The van der Waals surface area contributed by atoms with E-state index in [0.29, 0.717) is 16.4 Å². The molecule has 4 nitrogen and oxygen atoms in total. The molecule has 0 saturated heterocycles. The number of aromatic nitrogens is 1. The minimum atomic E-state index is -0.261. The summed E-state index contributed by atoms with van der Waals surface area (Å²) in [6.45, 7) is 0. The van der Waals surface area contributed by atoms with Crippen molar-refractivity contribution in [2.24, 2.45) is 0 Å². The summed E-state index contributed by atoms with van der Waals surface area (Å²) in [6.07, 6.45) is 0. The minimum Gasteiger partial charge on any atom is -0.508 e. The average Bonchev–Trinajstić information content (AvgIpc) is 2.45. The number of phenols is 2. The van der Waals surface area contributed by atoms with Crippen molar-refractivity contribution >= 4 is 48.5 Å². The van der Waals surface area contributed by atoms with Gasteiger partial charge in [-0.1, -0.05) is 22.0 Å². The number of aromatic amines is 1. The van der Waals surface area contributed by atoms with Crippen molar-refractivity contribution in [1.82, 2.24) is 4.98 Å². The molecule has 0 fully saturated rings. The summed E-state index contributed by atoms with van der Waals surface area (Å²) in [5.74, 6) is -0.322. The fourth-order valence-corrected chi connectivity index (χ4v) is 3.17. The maximum Gasteiger partial charge on any atom is 0.200 e. The smallest absolute Gasteiger partial charge is 0.200 e. The number of fused-ring (bicyclic) bond motifs is 3. The highest BCUT2D eigenvalue weighted by atomic mass is 79.9. The van der Waals surface area contributed by atoms with Crippen molar-refractivity contribution < 1.29 is 10.2 Å². The predicted octanol–water partition coefficient (Wildman–Crippen LogP) is 4.01. The van der Waals surface area contributed by atoms with Crippen LogP contribution >= 0.6 is 15.9 Å².